The number of pyridine rings is 1. The van der Waals surface area contributed by atoms with Crippen molar-refractivity contribution in [1.82, 2.24) is 4.98 Å². The van der Waals surface area contributed by atoms with Crippen LogP contribution in [0, 0.1) is 0 Å². The summed E-state index contributed by atoms with van der Waals surface area (Å²) in [6.45, 7) is 2.04. The number of nitrogens with zero attached hydrogens (tertiary/aromatic N) is 1. The Morgan fingerprint density at radius 2 is 2.05 bits per heavy atom. The Morgan fingerprint density at radius 3 is 2.80 bits per heavy atom. The maximum Gasteiger partial charge on any atom is 0.150 e. The van der Waals surface area contributed by atoms with E-state index in [1.165, 1.54) is 5.57 Å². The van der Waals surface area contributed by atoms with Crippen LogP contribution in [0.1, 0.15) is 31.5 Å². The van der Waals surface area contributed by atoms with Gasteiger partial charge in [-0.2, -0.15) is 0 Å². The van der Waals surface area contributed by atoms with Gasteiger partial charge in [0.05, 0.1) is 0 Å². The molecule has 2 nitrogen and oxygen atoms in total. The molecule has 2 aromatic rings. The molecule has 0 saturated heterocycles. The van der Waals surface area contributed by atoms with Gasteiger partial charge in [-0.1, -0.05) is 35.9 Å². The van der Waals surface area contributed by atoms with E-state index in [-0.39, 0.29) is 5.75 Å². The highest BCUT2D eigenvalue weighted by atomic mass is 19.1. The molecule has 0 fully saturated rings. The van der Waals surface area contributed by atoms with E-state index in [0.29, 0.717) is 23.1 Å². The second-order valence-electron chi connectivity index (χ2n) is 5.20. The second-order valence-corrected chi connectivity index (χ2v) is 5.20. The molecule has 0 bridgehead atoms. The van der Waals surface area contributed by atoms with E-state index in [9.17, 15) is 9.50 Å². The maximum atomic E-state index is 14.7. The zero-order chi connectivity index (χ0) is 14.1. The van der Waals surface area contributed by atoms with Crippen molar-refractivity contribution in [2.75, 3.05) is 0 Å². The van der Waals surface area contributed by atoms with Crippen LogP contribution in [0.2, 0.25) is 0 Å². The van der Waals surface area contributed by atoms with E-state index in [1.807, 2.05) is 25.1 Å². The molecule has 0 radical (unpaired) electrons. The quantitative estimate of drug-likeness (QED) is 0.863. The van der Waals surface area contributed by atoms with Crippen LogP contribution in [0.3, 0.4) is 0 Å². The fraction of sp³-hybridized carbons (Fsp3) is 0.235. The second kappa shape index (κ2) is 5.08. The first kappa shape index (κ1) is 12.9. The van der Waals surface area contributed by atoms with Crippen molar-refractivity contribution < 1.29 is 9.50 Å². The molecule has 1 unspecified atom stereocenters. The molecule has 1 heterocycles. The van der Waals surface area contributed by atoms with Crippen LogP contribution in [0.4, 0.5) is 4.39 Å². The number of fused-ring (bicyclic) bond motifs is 1. The van der Waals surface area contributed by atoms with Gasteiger partial charge in [0.25, 0.3) is 0 Å². The van der Waals surface area contributed by atoms with Crippen LogP contribution in [0.15, 0.2) is 53.8 Å². The van der Waals surface area contributed by atoms with Gasteiger partial charge in [-0.3, -0.25) is 4.98 Å². The molecule has 3 rings (SSSR count). The van der Waals surface area contributed by atoms with Gasteiger partial charge < -0.3 is 5.11 Å². The molecule has 1 atom stereocenters. The number of phenolic OH excluding ortho intramolecular Hbond substituents is 1. The van der Waals surface area contributed by atoms with E-state index >= 15 is 0 Å². The Labute approximate surface area is 117 Å². The third kappa shape index (κ3) is 2.20. The van der Waals surface area contributed by atoms with Crippen LogP contribution in [-0.4, -0.2) is 10.1 Å². The van der Waals surface area contributed by atoms with Crippen LogP contribution in [0.5, 0.6) is 5.75 Å². The summed E-state index contributed by atoms with van der Waals surface area (Å²) in [5, 5.41) is 11.1. The van der Waals surface area contributed by atoms with Crippen molar-refractivity contribution in [3.05, 3.63) is 59.3 Å². The first-order valence-electron chi connectivity index (χ1n) is 6.73. The molecule has 1 N–H and O–H groups in total. The summed E-state index contributed by atoms with van der Waals surface area (Å²) in [4.78, 5) is 4.13. The molecule has 1 aromatic carbocycles. The summed E-state index contributed by atoms with van der Waals surface area (Å²) >= 11 is 0. The molecule has 102 valence electrons. The van der Waals surface area contributed by atoms with Crippen LogP contribution in [0.25, 0.3) is 10.9 Å². The Morgan fingerprint density at radius 1 is 1.20 bits per heavy atom. The minimum absolute atomic E-state index is 0.0530. The maximum absolute atomic E-state index is 14.7. The minimum atomic E-state index is -1.27. The van der Waals surface area contributed by atoms with Gasteiger partial charge in [0, 0.05) is 17.1 Å². The molecule has 0 amide bonds. The van der Waals surface area contributed by atoms with Crippen LogP contribution in [-0.2, 0) is 0 Å². The fourth-order valence-electron chi connectivity index (χ4n) is 2.52. The van der Waals surface area contributed by atoms with E-state index in [1.54, 1.807) is 24.4 Å². The lowest BCUT2D eigenvalue weighted by Gasteiger charge is -2.18. The summed E-state index contributed by atoms with van der Waals surface area (Å²) < 4.78 is 14.7. The number of alkyl halides is 1. The van der Waals surface area contributed by atoms with Gasteiger partial charge in [0.15, 0.2) is 6.17 Å². The predicted octanol–water partition coefficient (Wildman–Crippen LogP) is 4.62. The van der Waals surface area contributed by atoms with Crippen molar-refractivity contribution in [2.45, 2.75) is 25.9 Å². The summed E-state index contributed by atoms with van der Waals surface area (Å²) in [5.41, 5.74) is 2.72. The molecule has 0 spiro atoms. The zero-order valence-electron chi connectivity index (χ0n) is 11.3. The van der Waals surface area contributed by atoms with Crippen molar-refractivity contribution in [1.29, 1.82) is 0 Å². The Bertz CT molecular complexity index is 718. The summed E-state index contributed by atoms with van der Waals surface area (Å²) in [7, 11) is 0. The van der Waals surface area contributed by atoms with Crippen molar-refractivity contribution in [3.63, 3.8) is 0 Å². The average molecular weight is 269 g/mol. The third-order valence-electron chi connectivity index (χ3n) is 3.77. The van der Waals surface area contributed by atoms with Gasteiger partial charge >= 0.3 is 0 Å². The number of halogens is 1. The van der Waals surface area contributed by atoms with Gasteiger partial charge in [-0.15, -0.1) is 0 Å². The number of aromatic hydroxyl groups is 1. The molecular weight excluding hydrogens is 253 g/mol. The number of hydrogen-bond acceptors (Lipinski definition) is 2. The molecule has 1 aliphatic rings. The fourth-order valence-corrected chi connectivity index (χ4v) is 2.52. The molecule has 1 aromatic heterocycles. The summed E-state index contributed by atoms with van der Waals surface area (Å²) in [6, 6.07) is 7.10. The highest BCUT2D eigenvalue weighted by Crippen LogP contribution is 2.39. The molecule has 0 aliphatic heterocycles. The van der Waals surface area contributed by atoms with Crippen molar-refractivity contribution in [2.24, 2.45) is 0 Å². The van der Waals surface area contributed by atoms with Crippen LogP contribution < -0.4 is 0 Å². The van der Waals surface area contributed by atoms with Crippen molar-refractivity contribution >= 4 is 10.9 Å². The number of hydrogen-bond donors (Lipinski definition) is 1. The Balaban J connectivity index is 2.04. The predicted molar refractivity (Wildman–Crippen MR) is 78.3 cm³/mol. The number of rotatable bonds is 2. The number of benzene rings is 1. The van der Waals surface area contributed by atoms with Gasteiger partial charge in [-0.25, -0.2) is 4.39 Å². The van der Waals surface area contributed by atoms with E-state index in [0.717, 1.165) is 11.8 Å². The van der Waals surface area contributed by atoms with Gasteiger partial charge in [0.2, 0.25) is 0 Å². The molecule has 20 heavy (non-hydrogen) atoms. The van der Waals surface area contributed by atoms with Crippen molar-refractivity contribution in [3.8, 4) is 5.75 Å². The first-order chi connectivity index (χ1) is 9.66. The Kier molecular flexibility index (Phi) is 3.26. The number of allylic oxidation sites excluding steroid dienone is 4. The molecule has 3 heteroatoms. The zero-order valence-corrected chi connectivity index (χ0v) is 11.3. The first-order valence-corrected chi connectivity index (χ1v) is 6.73. The molecular formula is C17H16FNO. The highest BCUT2D eigenvalue weighted by molar-refractivity contribution is 5.85. The lowest BCUT2D eigenvalue weighted by atomic mass is 9.92. The SMILES string of the molecule is CC1=CC=C(C(F)c2ccc3cccnc3c2O)CC1. The highest BCUT2D eigenvalue weighted by Gasteiger charge is 2.21. The summed E-state index contributed by atoms with van der Waals surface area (Å²) in [6.07, 6.45) is 5.67. The number of aromatic nitrogens is 1. The lowest BCUT2D eigenvalue weighted by molar-refractivity contribution is 0.367. The Hall–Kier alpha value is -2.16. The molecule has 0 saturated carbocycles. The topological polar surface area (TPSA) is 33.1 Å². The van der Waals surface area contributed by atoms with Gasteiger partial charge in [-0.05, 0) is 31.4 Å². The van der Waals surface area contributed by atoms with E-state index in [2.05, 4.69) is 4.98 Å². The average Bonchev–Trinajstić information content (AvgIpc) is 2.48. The van der Waals surface area contributed by atoms with E-state index < -0.39 is 6.17 Å². The normalized spacial score (nSPS) is 16.7. The standard InChI is InChI=1S/C17H16FNO/c1-11-4-6-12(7-5-11)15(18)14-9-8-13-3-2-10-19-16(13)17(14)20/h2-4,6,8-10,15,20H,5,7H2,1H3. The molecule has 1 aliphatic carbocycles. The number of phenols is 1. The van der Waals surface area contributed by atoms with E-state index in [4.69, 9.17) is 0 Å². The monoisotopic (exact) mass is 269 g/mol. The largest absolute Gasteiger partial charge is 0.505 e. The van der Waals surface area contributed by atoms with Crippen LogP contribution >= 0.6 is 0 Å². The third-order valence-corrected chi connectivity index (χ3v) is 3.77. The lowest BCUT2D eigenvalue weighted by Crippen LogP contribution is -2.01. The summed E-state index contributed by atoms with van der Waals surface area (Å²) in [5.74, 6) is -0.0530. The minimum Gasteiger partial charge on any atom is -0.505 e. The smallest absolute Gasteiger partial charge is 0.150 e. The van der Waals surface area contributed by atoms with Gasteiger partial charge in [0.1, 0.15) is 11.3 Å².